The predicted octanol–water partition coefficient (Wildman–Crippen LogP) is -1.17. The van der Waals surface area contributed by atoms with Gasteiger partial charge >= 0.3 is 6.72 Å². The number of aromatic nitrogens is 8. The predicted molar refractivity (Wildman–Crippen MR) is 149 cm³/mol. The van der Waals surface area contributed by atoms with Gasteiger partial charge in [0.25, 0.3) is 15.8 Å². The first kappa shape index (κ1) is 29.6. The molecule has 44 heavy (non-hydrogen) atoms. The summed E-state index contributed by atoms with van der Waals surface area (Å²) in [6, 6.07) is -1.52. The summed E-state index contributed by atoms with van der Waals surface area (Å²) in [6.07, 6.45) is -6.64. The Bertz CT molecular complexity index is 1960. The van der Waals surface area contributed by atoms with Gasteiger partial charge in [-0.1, -0.05) is 12.2 Å². The molecule has 19 nitrogen and oxygen atoms in total. The number of nitrogens with one attached hydrogen (secondary N) is 4. The van der Waals surface area contributed by atoms with Crippen molar-refractivity contribution in [1.29, 1.82) is 0 Å². The number of anilines is 1. The summed E-state index contributed by atoms with van der Waals surface area (Å²) in [5, 5.41) is 2.51. The van der Waals surface area contributed by atoms with E-state index < -0.39 is 84.7 Å². The lowest BCUT2D eigenvalue weighted by Gasteiger charge is -2.27. The molecule has 0 aromatic carbocycles. The third-order valence-electron chi connectivity index (χ3n) is 7.42. The van der Waals surface area contributed by atoms with E-state index in [1.807, 2.05) is 0 Å². The van der Waals surface area contributed by atoms with Crippen LogP contribution in [0.15, 0.2) is 30.1 Å². The van der Waals surface area contributed by atoms with Gasteiger partial charge in [0.05, 0.1) is 31.1 Å². The second-order valence-electron chi connectivity index (χ2n) is 10.1. The minimum atomic E-state index is -4.48. The van der Waals surface area contributed by atoms with Crippen LogP contribution in [0.2, 0.25) is 0 Å². The molecule has 0 aliphatic carbocycles. The van der Waals surface area contributed by atoms with Crippen molar-refractivity contribution in [3.63, 3.8) is 0 Å². The van der Waals surface area contributed by atoms with Gasteiger partial charge in [0, 0.05) is 13.1 Å². The molecule has 0 radical (unpaired) electrons. The van der Waals surface area contributed by atoms with Crippen molar-refractivity contribution in [2.24, 2.45) is 0 Å². The summed E-state index contributed by atoms with van der Waals surface area (Å²) in [6.45, 7) is -5.20. The molecule has 24 heteroatoms. The van der Waals surface area contributed by atoms with E-state index in [2.05, 4.69) is 56.7 Å². The summed E-state index contributed by atoms with van der Waals surface area (Å²) in [5.41, 5.74) is 5.46. The third kappa shape index (κ3) is 5.06. The Labute approximate surface area is 250 Å². The zero-order valence-electron chi connectivity index (χ0n) is 22.0. The summed E-state index contributed by atoms with van der Waals surface area (Å²) < 4.78 is 95.5. The molecular weight excluding hydrogens is 653 g/mol. The monoisotopic (exact) mass is 676 g/mol. The number of ether oxygens (including phenoxy) is 2. The smallest absolute Gasteiger partial charge is 0.324 e. The molecule has 3 aliphatic heterocycles. The van der Waals surface area contributed by atoms with Gasteiger partial charge in [-0.25, -0.2) is 38.8 Å². The average molecular weight is 677 g/mol. The quantitative estimate of drug-likeness (QED) is 0.108. The van der Waals surface area contributed by atoms with Crippen LogP contribution in [0.1, 0.15) is 12.5 Å². The van der Waals surface area contributed by atoms with E-state index in [4.69, 9.17) is 19.7 Å². The molecule has 0 bridgehead atoms. The van der Waals surface area contributed by atoms with Crippen LogP contribution in [0.3, 0.4) is 0 Å². The maximum atomic E-state index is 15.9. The molecule has 0 amide bonds. The van der Waals surface area contributed by atoms with Gasteiger partial charge in [0.15, 0.2) is 47.4 Å². The number of rotatable bonds is 2. The summed E-state index contributed by atoms with van der Waals surface area (Å²) >= 11 is 4.08. The van der Waals surface area contributed by atoms with Crippen LogP contribution in [0.25, 0.3) is 22.3 Å². The fourth-order valence-electron chi connectivity index (χ4n) is 5.39. The molecule has 7 heterocycles. The van der Waals surface area contributed by atoms with Gasteiger partial charge in [-0.05, 0) is 0 Å². The fourth-order valence-corrected chi connectivity index (χ4v) is 8.14. The van der Waals surface area contributed by atoms with Crippen LogP contribution in [0.4, 0.5) is 14.6 Å². The molecule has 3 fully saturated rings. The minimum Gasteiger partial charge on any atom is -0.382 e. The standard InChI is InChI=1S/C20H23F2N12O7PS2/c21-9-11-7(39-19(9)33-5-28-12-15(23)24-3-25-16(12)33)1-30-42(36,43)41-14-8(2-31-44(37,38)32-11)40-20(10(14)22)34-6-29-13-17(34)26-4-27-18(13)35/h3-11,14,19-20,31-32H,1-2H2,(H2,23,24,25)(H,26,27,35)(H2,30,36,43)/t7-,8-,9-,10-,11-,14-,19-,20-,42+/m1/s1. The topological polar surface area (TPSA) is 248 Å². The van der Waals surface area contributed by atoms with Gasteiger partial charge in [-0.3, -0.25) is 18.5 Å². The van der Waals surface area contributed by atoms with Crippen LogP contribution in [0.5, 0.6) is 0 Å². The number of halogens is 2. The van der Waals surface area contributed by atoms with E-state index >= 15 is 8.78 Å². The highest BCUT2D eigenvalue weighted by atomic mass is 32.7. The molecule has 3 saturated heterocycles. The van der Waals surface area contributed by atoms with Crippen molar-refractivity contribution in [2.45, 2.75) is 49.2 Å². The molecule has 0 unspecified atom stereocenters. The van der Waals surface area contributed by atoms with E-state index in [-0.39, 0.29) is 28.1 Å². The number of nitrogens with zero attached hydrogens (tertiary/aromatic N) is 7. The van der Waals surface area contributed by atoms with Crippen molar-refractivity contribution in [3.8, 4) is 0 Å². The maximum Gasteiger partial charge on any atom is 0.324 e. The molecule has 236 valence electrons. The van der Waals surface area contributed by atoms with E-state index in [1.165, 1.54) is 10.9 Å². The van der Waals surface area contributed by atoms with E-state index in [9.17, 15) is 17.8 Å². The number of alkyl halides is 2. The van der Waals surface area contributed by atoms with E-state index in [1.54, 1.807) is 0 Å². The first-order chi connectivity index (χ1) is 20.9. The van der Waals surface area contributed by atoms with Crippen molar-refractivity contribution in [1.82, 2.24) is 53.6 Å². The molecule has 4 aromatic rings. The first-order valence-corrected chi connectivity index (χ1v) is 17.1. The number of aromatic amines is 1. The number of imidazole rings is 2. The Hall–Kier alpha value is -3.15. The second kappa shape index (κ2) is 10.7. The van der Waals surface area contributed by atoms with Crippen LogP contribution >= 0.6 is 19.0 Å². The Morgan fingerprint density at radius 2 is 1.66 bits per heavy atom. The molecule has 7 rings (SSSR count). The number of nitrogen functional groups attached to an aromatic ring is 1. The van der Waals surface area contributed by atoms with E-state index in [0.29, 0.717) is 0 Å². The van der Waals surface area contributed by atoms with Gasteiger partial charge in [0.1, 0.15) is 24.1 Å². The van der Waals surface area contributed by atoms with Gasteiger partial charge in [-0.15, -0.1) is 0 Å². The highest BCUT2D eigenvalue weighted by Gasteiger charge is 2.52. The maximum absolute atomic E-state index is 15.9. The Kier molecular flexibility index (Phi) is 7.21. The lowest BCUT2D eigenvalue weighted by Crippen LogP contribution is -2.54. The molecule has 0 saturated carbocycles. The fraction of sp³-hybridized carbons (Fsp3) is 0.500. The Morgan fingerprint density at radius 1 is 0.977 bits per heavy atom. The van der Waals surface area contributed by atoms with Gasteiger partial charge in [-0.2, -0.15) is 17.9 Å². The van der Waals surface area contributed by atoms with Crippen molar-refractivity contribution in [2.75, 3.05) is 18.8 Å². The summed E-state index contributed by atoms with van der Waals surface area (Å²) in [5.74, 6) is 0.0423. The van der Waals surface area contributed by atoms with Crippen LogP contribution in [0, 0.1) is 0 Å². The van der Waals surface area contributed by atoms with E-state index in [0.717, 1.165) is 23.5 Å². The average Bonchev–Trinajstić information content (AvgIpc) is 3.73. The molecular formula is C20H23F2N12O7PS2. The number of hydrogen-bond acceptors (Lipinski definition) is 13. The van der Waals surface area contributed by atoms with Crippen LogP contribution < -0.4 is 25.8 Å². The highest BCUT2D eigenvalue weighted by molar-refractivity contribution is 8.45. The number of thiol groups is 1. The zero-order chi connectivity index (χ0) is 31.0. The number of H-pyrrole nitrogens is 1. The number of hydrogen-bond donors (Lipinski definition) is 6. The molecule has 6 N–H and O–H groups in total. The summed E-state index contributed by atoms with van der Waals surface area (Å²) in [4.78, 5) is 34.4. The second-order valence-corrected chi connectivity index (χ2v) is 14.8. The third-order valence-corrected chi connectivity index (χ3v) is 10.4. The summed E-state index contributed by atoms with van der Waals surface area (Å²) in [7, 11) is -4.48. The number of nitrogens with two attached hydrogens (primary N) is 1. The Morgan fingerprint density at radius 3 is 2.43 bits per heavy atom. The van der Waals surface area contributed by atoms with Gasteiger partial charge < -0.3 is 24.7 Å². The molecule has 9 atom stereocenters. The molecule has 4 aromatic heterocycles. The van der Waals surface area contributed by atoms with Crippen molar-refractivity contribution in [3.05, 3.63) is 35.7 Å². The van der Waals surface area contributed by atoms with Gasteiger partial charge in [0.2, 0.25) is 0 Å². The number of fused-ring (bicyclic) bond motifs is 4. The lowest BCUT2D eigenvalue weighted by atomic mass is 10.1. The van der Waals surface area contributed by atoms with Crippen molar-refractivity contribution >= 4 is 57.3 Å². The lowest BCUT2D eigenvalue weighted by molar-refractivity contribution is -0.0187. The highest BCUT2D eigenvalue weighted by Crippen LogP contribution is 2.52. The minimum absolute atomic E-state index is 0.0125. The zero-order valence-corrected chi connectivity index (χ0v) is 24.6. The molecule has 0 spiro atoms. The largest absolute Gasteiger partial charge is 0.382 e. The van der Waals surface area contributed by atoms with Crippen LogP contribution in [-0.4, -0.2) is 97.2 Å². The first-order valence-electron chi connectivity index (χ1n) is 12.9. The van der Waals surface area contributed by atoms with Crippen LogP contribution in [-0.2, 0) is 28.8 Å². The molecule has 3 aliphatic rings. The Balaban J connectivity index is 1.17. The normalized spacial score (nSPS) is 36.1. The van der Waals surface area contributed by atoms with Crippen molar-refractivity contribution < 1.29 is 35.8 Å². The SMILES string of the molecule is Nc1ncnc2c1ncn2[C@@H]1O[C@@H]2CN[P@@](=O)(S)O[C@H]3[C@@H](F)[C@H](n4cnc5c(=O)[nH]cnc54)O[C@@H]3CNS(=O)(=O)N[C@H]2[C@H]1F.